The Morgan fingerprint density at radius 3 is 2.70 bits per heavy atom. The van der Waals surface area contributed by atoms with E-state index in [2.05, 4.69) is 15.3 Å². The van der Waals surface area contributed by atoms with Crippen LogP contribution in [0.1, 0.15) is 37.2 Å². The molecule has 0 aromatic carbocycles. The van der Waals surface area contributed by atoms with E-state index in [0.29, 0.717) is 25.2 Å². The van der Waals surface area contributed by atoms with Gasteiger partial charge in [-0.3, -0.25) is 9.59 Å². The van der Waals surface area contributed by atoms with Gasteiger partial charge in [0.25, 0.3) is 0 Å². The summed E-state index contributed by atoms with van der Waals surface area (Å²) in [7, 11) is 0. The molecule has 2 atom stereocenters. The van der Waals surface area contributed by atoms with Crippen LogP contribution < -0.4 is 5.32 Å². The van der Waals surface area contributed by atoms with Crippen LogP contribution in [0.3, 0.4) is 0 Å². The highest BCUT2D eigenvalue weighted by Gasteiger charge is 2.35. The summed E-state index contributed by atoms with van der Waals surface area (Å²) in [4.78, 5) is 31.5. The second-order valence-electron chi connectivity index (χ2n) is 5.15. The molecule has 2 N–H and O–H groups in total. The van der Waals surface area contributed by atoms with Gasteiger partial charge in [-0.15, -0.1) is 0 Å². The minimum absolute atomic E-state index is 0.187. The number of hydrogen-bond acceptors (Lipinski definition) is 4. The summed E-state index contributed by atoms with van der Waals surface area (Å²) >= 11 is 0. The third-order valence-electron chi connectivity index (χ3n) is 3.70. The second-order valence-corrected chi connectivity index (χ2v) is 5.15. The highest BCUT2D eigenvalue weighted by molar-refractivity contribution is 5.84. The summed E-state index contributed by atoms with van der Waals surface area (Å²) in [5.41, 5.74) is 0.730. The average Bonchev–Trinajstić information content (AvgIpc) is 2.45. The third-order valence-corrected chi connectivity index (χ3v) is 3.70. The van der Waals surface area contributed by atoms with Gasteiger partial charge in [0.2, 0.25) is 5.91 Å². The SMILES string of the molecule is Cc1nccc(CNC(=O)C2CCCCC2C(=O)O)n1. The molecule has 20 heavy (non-hydrogen) atoms. The molecule has 0 bridgehead atoms. The lowest BCUT2D eigenvalue weighted by molar-refractivity contribution is -0.148. The fourth-order valence-corrected chi connectivity index (χ4v) is 2.65. The number of aromatic nitrogens is 2. The van der Waals surface area contributed by atoms with E-state index >= 15 is 0 Å². The number of rotatable bonds is 4. The maximum absolute atomic E-state index is 12.2. The standard InChI is InChI=1S/C14H19N3O3/c1-9-15-7-6-10(17-9)8-16-13(18)11-4-2-3-5-12(11)14(19)20/h6-7,11-12H,2-5,8H2,1H3,(H,16,18)(H,19,20). The molecule has 1 amide bonds. The number of carboxylic acid groups (broad SMARTS) is 1. The first-order valence-corrected chi connectivity index (χ1v) is 6.87. The molecule has 0 radical (unpaired) electrons. The molecule has 1 aliphatic rings. The first-order chi connectivity index (χ1) is 9.58. The van der Waals surface area contributed by atoms with Gasteiger partial charge in [0.15, 0.2) is 0 Å². The van der Waals surface area contributed by atoms with Crippen molar-refractivity contribution in [2.45, 2.75) is 39.2 Å². The van der Waals surface area contributed by atoms with E-state index in [0.717, 1.165) is 18.5 Å². The third kappa shape index (κ3) is 3.53. The molecule has 108 valence electrons. The molecule has 1 aromatic heterocycles. The van der Waals surface area contributed by atoms with Crippen molar-refractivity contribution in [1.29, 1.82) is 0 Å². The van der Waals surface area contributed by atoms with Gasteiger partial charge < -0.3 is 10.4 Å². The van der Waals surface area contributed by atoms with Gasteiger partial charge in [0.05, 0.1) is 24.1 Å². The predicted octanol–water partition coefficient (Wildman–Crippen LogP) is 1.29. The van der Waals surface area contributed by atoms with Crippen LogP contribution in [0.5, 0.6) is 0 Å². The molecule has 1 aliphatic carbocycles. The van der Waals surface area contributed by atoms with Crippen molar-refractivity contribution in [2.75, 3.05) is 0 Å². The molecule has 2 rings (SSSR count). The fraction of sp³-hybridized carbons (Fsp3) is 0.571. The van der Waals surface area contributed by atoms with E-state index in [1.807, 2.05) is 0 Å². The molecular formula is C14H19N3O3. The molecule has 6 heteroatoms. The van der Waals surface area contributed by atoms with Crippen LogP contribution in [0.2, 0.25) is 0 Å². The van der Waals surface area contributed by atoms with Crippen molar-refractivity contribution in [3.8, 4) is 0 Å². The predicted molar refractivity (Wildman–Crippen MR) is 71.7 cm³/mol. The highest BCUT2D eigenvalue weighted by Crippen LogP contribution is 2.30. The zero-order valence-corrected chi connectivity index (χ0v) is 11.5. The topological polar surface area (TPSA) is 92.2 Å². The van der Waals surface area contributed by atoms with Crippen LogP contribution in [-0.4, -0.2) is 27.0 Å². The molecule has 6 nitrogen and oxygen atoms in total. The quantitative estimate of drug-likeness (QED) is 0.865. The van der Waals surface area contributed by atoms with Crippen LogP contribution in [0.15, 0.2) is 12.3 Å². The minimum atomic E-state index is -0.872. The smallest absolute Gasteiger partial charge is 0.307 e. The van der Waals surface area contributed by atoms with Gasteiger partial charge in [-0.05, 0) is 25.8 Å². The normalized spacial score (nSPS) is 22.2. The number of carbonyl (C=O) groups is 2. The number of aryl methyl sites for hydroxylation is 1. The average molecular weight is 277 g/mol. The van der Waals surface area contributed by atoms with E-state index in [4.69, 9.17) is 0 Å². The Bertz CT molecular complexity index is 504. The Kier molecular flexibility index (Phi) is 4.65. The first kappa shape index (κ1) is 14.4. The van der Waals surface area contributed by atoms with Crippen LogP contribution in [0.4, 0.5) is 0 Å². The summed E-state index contributed by atoms with van der Waals surface area (Å²) in [6, 6.07) is 1.74. The van der Waals surface area contributed by atoms with Crippen LogP contribution >= 0.6 is 0 Å². The molecule has 1 heterocycles. The molecule has 0 spiro atoms. The molecule has 1 saturated carbocycles. The second kappa shape index (κ2) is 6.45. The van der Waals surface area contributed by atoms with E-state index in [1.54, 1.807) is 19.2 Å². The number of aliphatic carboxylic acids is 1. The summed E-state index contributed by atoms with van der Waals surface area (Å²) in [5, 5.41) is 12.0. The number of nitrogens with one attached hydrogen (secondary N) is 1. The molecule has 0 saturated heterocycles. The lowest BCUT2D eigenvalue weighted by atomic mass is 9.78. The van der Waals surface area contributed by atoms with Crippen molar-refractivity contribution in [2.24, 2.45) is 11.8 Å². The van der Waals surface area contributed by atoms with Gasteiger partial charge >= 0.3 is 5.97 Å². The molecule has 0 aliphatic heterocycles. The maximum atomic E-state index is 12.2. The molecular weight excluding hydrogens is 258 g/mol. The highest BCUT2D eigenvalue weighted by atomic mass is 16.4. The lowest BCUT2D eigenvalue weighted by Gasteiger charge is -2.27. The van der Waals surface area contributed by atoms with Crippen LogP contribution in [-0.2, 0) is 16.1 Å². The van der Waals surface area contributed by atoms with E-state index in [9.17, 15) is 14.7 Å². The number of amides is 1. The Morgan fingerprint density at radius 2 is 2.05 bits per heavy atom. The van der Waals surface area contributed by atoms with Crippen molar-refractivity contribution in [3.63, 3.8) is 0 Å². The number of nitrogens with zero attached hydrogens (tertiary/aromatic N) is 2. The molecule has 1 fully saturated rings. The van der Waals surface area contributed by atoms with Gasteiger partial charge in [0, 0.05) is 6.20 Å². The Morgan fingerprint density at radius 1 is 1.35 bits per heavy atom. The molecule has 1 aromatic rings. The summed E-state index contributed by atoms with van der Waals surface area (Å²) in [6.07, 6.45) is 4.66. The van der Waals surface area contributed by atoms with Gasteiger partial charge in [-0.25, -0.2) is 9.97 Å². The Balaban J connectivity index is 1.95. The Hall–Kier alpha value is -1.98. The maximum Gasteiger partial charge on any atom is 0.307 e. The zero-order valence-electron chi connectivity index (χ0n) is 11.5. The zero-order chi connectivity index (χ0) is 14.5. The number of carbonyl (C=O) groups excluding carboxylic acids is 1. The van der Waals surface area contributed by atoms with Gasteiger partial charge in [-0.2, -0.15) is 0 Å². The fourth-order valence-electron chi connectivity index (χ4n) is 2.65. The summed E-state index contributed by atoms with van der Waals surface area (Å²) in [5.74, 6) is -1.39. The van der Waals surface area contributed by atoms with Crippen molar-refractivity contribution >= 4 is 11.9 Å². The van der Waals surface area contributed by atoms with E-state index < -0.39 is 17.8 Å². The van der Waals surface area contributed by atoms with Gasteiger partial charge in [0.1, 0.15) is 5.82 Å². The van der Waals surface area contributed by atoms with Crippen molar-refractivity contribution in [1.82, 2.24) is 15.3 Å². The number of carboxylic acids is 1. The minimum Gasteiger partial charge on any atom is -0.481 e. The first-order valence-electron chi connectivity index (χ1n) is 6.87. The van der Waals surface area contributed by atoms with Gasteiger partial charge in [-0.1, -0.05) is 12.8 Å². The monoisotopic (exact) mass is 277 g/mol. The van der Waals surface area contributed by atoms with Crippen molar-refractivity contribution in [3.05, 3.63) is 23.8 Å². The largest absolute Gasteiger partial charge is 0.481 e. The van der Waals surface area contributed by atoms with E-state index in [1.165, 1.54) is 0 Å². The van der Waals surface area contributed by atoms with Crippen LogP contribution in [0, 0.1) is 18.8 Å². The number of hydrogen-bond donors (Lipinski definition) is 2. The Labute approximate surface area is 117 Å². The van der Waals surface area contributed by atoms with Crippen molar-refractivity contribution < 1.29 is 14.7 Å². The molecule has 2 unspecified atom stereocenters. The summed E-state index contributed by atoms with van der Waals surface area (Å²) < 4.78 is 0. The lowest BCUT2D eigenvalue weighted by Crippen LogP contribution is -2.39. The van der Waals surface area contributed by atoms with E-state index in [-0.39, 0.29) is 5.91 Å². The van der Waals surface area contributed by atoms with Crippen LogP contribution in [0.25, 0.3) is 0 Å². The summed E-state index contributed by atoms with van der Waals surface area (Å²) in [6.45, 7) is 2.10.